The molecule has 0 aromatic heterocycles. The summed E-state index contributed by atoms with van der Waals surface area (Å²) in [6.45, 7) is 10.3. The van der Waals surface area contributed by atoms with Crippen molar-refractivity contribution in [3.05, 3.63) is 106 Å². The number of benzene rings is 3. The van der Waals surface area contributed by atoms with Gasteiger partial charge in [0.05, 0.1) is 16.3 Å². The average Bonchev–Trinajstić information content (AvgIpc) is 3.37. The lowest BCUT2D eigenvalue weighted by molar-refractivity contribution is 0.946. The van der Waals surface area contributed by atoms with Crippen LogP contribution in [0.1, 0.15) is 28.2 Å². The Bertz CT molecular complexity index is 1370. The number of nitrogens with one attached hydrogen (secondary N) is 2. The highest BCUT2D eigenvalue weighted by Gasteiger charge is 2.65. The Morgan fingerprint density at radius 3 is 2.46 bits per heavy atom. The second-order valence-electron chi connectivity index (χ2n) is 8.56. The van der Waals surface area contributed by atoms with Crippen molar-refractivity contribution in [1.82, 2.24) is 0 Å². The molecule has 4 rings (SSSR count). The van der Waals surface area contributed by atoms with Gasteiger partial charge < -0.3 is 16.4 Å². The molecule has 2 unspecified atom stereocenters. The van der Waals surface area contributed by atoms with Gasteiger partial charge in [0.15, 0.2) is 0 Å². The largest absolute Gasteiger partial charge is 0.399 e. The summed E-state index contributed by atoms with van der Waals surface area (Å²) in [5.74, 6) is -0.348. The van der Waals surface area contributed by atoms with Gasteiger partial charge in [-0.05, 0) is 66.6 Å². The standard InChI is InChI=1S/C27H22Cl4N4/c1-14-8-17(10-19(28)9-14)26-25(27(26,30)31)16(3)34-21-5-6-23(29)22(12-21)15(2)35-24-7-4-20(33)11-18(24)13-32/h4-12,25-26,34-35H,2-3,33H2,1H3. The lowest BCUT2D eigenvalue weighted by Gasteiger charge is -2.16. The molecule has 3 aromatic rings. The second-order valence-corrected chi connectivity index (χ2v) is 10.8. The van der Waals surface area contributed by atoms with Gasteiger partial charge in [-0.15, -0.1) is 23.2 Å². The Kier molecular flexibility index (Phi) is 6.99. The summed E-state index contributed by atoms with van der Waals surface area (Å²) in [6.07, 6.45) is 0. The molecule has 0 radical (unpaired) electrons. The molecule has 0 aliphatic heterocycles. The molecule has 0 spiro atoms. The number of anilines is 3. The highest BCUT2D eigenvalue weighted by atomic mass is 35.5. The predicted octanol–water partition coefficient (Wildman–Crippen LogP) is 8.35. The highest BCUT2D eigenvalue weighted by molar-refractivity contribution is 6.52. The van der Waals surface area contributed by atoms with E-state index in [2.05, 4.69) is 29.9 Å². The molecule has 4 nitrogen and oxygen atoms in total. The Hall–Kier alpha value is -2.81. The Morgan fingerprint density at radius 1 is 1.03 bits per heavy atom. The molecule has 1 fully saturated rings. The van der Waals surface area contributed by atoms with Crippen molar-refractivity contribution in [2.45, 2.75) is 17.2 Å². The van der Waals surface area contributed by atoms with Gasteiger partial charge in [-0.1, -0.05) is 42.4 Å². The van der Waals surface area contributed by atoms with E-state index in [1.807, 2.05) is 37.3 Å². The van der Waals surface area contributed by atoms with Crippen molar-refractivity contribution in [1.29, 1.82) is 5.26 Å². The molecule has 1 aliphatic carbocycles. The highest BCUT2D eigenvalue weighted by Crippen LogP contribution is 2.67. The fourth-order valence-electron chi connectivity index (χ4n) is 4.21. The van der Waals surface area contributed by atoms with E-state index in [9.17, 15) is 5.26 Å². The van der Waals surface area contributed by atoms with Gasteiger partial charge in [-0.3, -0.25) is 0 Å². The molecule has 35 heavy (non-hydrogen) atoms. The van der Waals surface area contributed by atoms with Crippen molar-refractivity contribution in [3.63, 3.8) is 0 Å². The van der Waals surface area contributed by atoms with Crippen molar-refractivity contribution < 1.29 is 0 Å². The second kappa shape index (κ2) is 9.68. The Labute approximate surface area is 224 Å². The summed E-state index contributed by atoms with van der Waals surface area (Å²) in [7, 11) is 0. The van der Waals surface area contributed by atoms with Crippen molar-refractivity contribution >= 4 is 69.2 Å². The molecule has 3 aromatic carbocycles. The number of nitrogens with zero attached hydrogens (tertiary/aromatic N) is 1. The molecule has 2 atom stereocenters. The van der Waals surface area contributed by atoms with E-state index in [0.29, 0.717) is 43.9 Å². The van der Waals surface area contributed by atoms with Crippen LogP contribution < -0.4 is 16.4 Å². The number of aryl methyl sites for hydroxylation is 1. The maximum atomic E-state index is 9.41. The Morgan fingerprint density at radius 2 is 1.77 bits per heavy atom. The summed E-state index contributed by atoms with van der Waals surface area (Å²) in [5, 5.41) is 17.0. The van der Waals surface area contributed by atoms with Crippen LogP contribution in [0.4, 0.5) is 17.1 Å². The monoisotopic (exact) mass is 542 g/mol. The van der Waals surface area contributed by atoms with E-state index in [1.54, 1.807) is 24.3 Å². The lowest BCUT2D eigenvalue weighted by Crippen LogP contribution is -2.06. The molecule has 4 N–H and O–H groups in total. The molecule has 8 heteroatoms. The van der Waals surface area contributed by atoms with Crippen LogP contribution in [-0.4, -0.2) is 4.33 Å². The van der Waals surface area contributed by atoms with Crippen LogP contribution in [-0.2, 0) is 0 Å². The van der Waals surface area contributed by atoms with Crippen LogP contribution in [0.2, 0.25) is 10.0 Å². The minimum atomic E-state index is -0.996. The van der Waals surface area contributed by atoms with E-state index < -0.39 is 4.33 Å². The molecule has 1 aliphatic rings. The topological polar surface area (TPSA) is 73.9 Å². The number of nitrogen functional groups attached to an aromatic ring is 1. The zero-order valence-electron chi connectivity index (χ0n) is 18.8. The number of hydrogen-bond acceptors (Lipinski definition) is 4. The summed E-state index contributed by atoms with van der Waals surface area (Å²) < 4.78 is -0.996. The van der Waals surface area contributed by atoms with Gasteiger partial charge in [0.1, 0.15) is 10.4 Å². The third-order valence-corrected chi connectivity index (χ3v) is 7.39. The Balaban J connectivity index is 1.53. The lowest BCUT2D eigenvalue weighted by atomic mass is 10.1. The maximum absolute atomic E-state index is 9.41. The van der Waals surface area contributed by atoms with Crippen LogP contribution >= 0.6 is 46.4 Å². The SMILES string of the molecule is C=C(Nc1ccc(N)cc1C#N)c1cc(NC(=C)C2C(c3cc(C)cc(Cl)c3)C2(Cl)Cl)ccc1Cl. The van der Waals surface area contributed by atoms with Gasteiger partial charge in [0, 0.05) is 45.2 Å². The summed E-state index contributed by atoms with van der Waals surface area (Å²) >= 11 is 26.0. The van der Waals surface area contributed by atoms with E-state index in [1.165, 1.54) is 0 Å². The number of halogens is 4. The van der Waals surface area contributed by atoms with Gasteiger partial charge >= 0.3 is 0 Å². The van der Waals surface area contributed by atoms with Gasteiger partial charge in [-0.2, -0.15) is 5.26 Å². The molecular weight excluding hydrogens is 522 g/mol. The molecule has 1 saturated carbocycles. The van der Waals surface area contributed by atoms with Crippen LogP contribution in [0.25, 0.3) is 5.70 Å². The van der Waals surface area contributed by atoms with Crippen LogP contribution in [0.15, 0.2) is 73.5 Å². The number of rotatable bonds is 7. The van der Waals surface area contributed by atoms with E-state index >= 15 is 0 Å². The van der Waals surface area contributed by atoms with Crippen molar-refractivity contribution in [3.8, 4) is 6.07 Å². The van der Waals surface area contributed by atoms with Crippen LogP contribution in [0.5, 0.6) is 0 Å². The molecule has 0 saturated heterocycles. The van der Waals surface area contributed by atoms with E-state index in [-0.39, 0.29) is 11.8 Å². The van der Waals surface area contributed by atoms with Crippen LogP contribution in [0.3, 0.4) is 0 Å². The zero-order chi connectivity index (χ0) is 25.5. The maximum Gasteiger partial charge on any atom is 0.134 e. The first-order valence-corrected chi connectivity index (χ1v) is 12.2. The summed E-state index contributed by atoms with van der Waals surface area (Å²) in [5.41, 5.74) is 11.9. The number of nitrogens with two attached hydrogens (primary N) is 1. The minimum Gasteiger partial charge on any atom is -0.399 e. The first kappa shape index (κ1) is 25.3. The number of alkyl halides is 2. The number of allylic oxidation sites excluding steroid dienone is 1. The van der Waals surface area contributed by atoms with Gasteiger partial charge in [0.25, 0.3) is 0 Å². The summed E-state index contributed by atoms with van der Waals surface area (Å²) in [4.78, 5) is 0. The molecular formula is C27H22Cl4N4. The normalized spacial score (nSPS) is 17.8. The first-order valence-electron chi connectivity index (χ1n) is 10.7. The fourth-order valence-corrected chi connectivity index (χ4v) is 5.63. The summed E-state index contributed by atoms with van der Waals surface area (Å²) in [6, 6.07) is 18.4. The van der Waals surface area contributed by atoms with E-state index in [4.69, 9.17) is 52.1 Å². The molecule has 0 amide bonds. The molecule has 178 valence electrons. The molecule has 0 heterocycles. The quantitative estimate of drug-likeness (QED) is 0.207. The van der Waals surface area contributed by atoms with Crippen molar-refractivity contribution in [2.24, 2.45) is 5.92 Å². The number of hydrogen-bond donors (Lipinski definition) is 3. The van der Waals surface area contributed by atoms with Gasteiger partial charge in [-0.25, -0.2) is 0 Å². The first-order chi connectivity index (χ1) is 16.5. The molecule has 0 bridgehead atoms. The third-order valence-electron chi connectivity index (χ3n) is 5.90. The fraction of sp³-hybridized carbons (Fsp3) is 0.148. The minimum absolute atomic E-state index is 0.137. The van der Waals surface area contributed by atoms with Crippen LogP contribution in [0, 0.1) is 24.2 Å². The predicted molar refractivity (Wildman–Crippen MR) is 149 cm³/mol. The average molecular weight is 544 g/mol. The zero-order valence-corrected chi connectivity index (χ0v) is 21.8. The van der Waals surface area contributed by atoms with Gasteiger partial charge in [0.2, 0.25) is 0 Å². The third kappa shape index (κ3) is 5.24. The van der Waals surface area contributed by atoms with E-state index in [0.717, 1.165) is 16.8 Å². The number of nitriles is 1. The smallest absolute Gasteiger partial charge is 0.134 e. The van der Waals surface area contributed by atoms with Crippen molar-refractivity contribution in [2.75, 3.05) is 16.4 Å².